The summed E-state index contributed by atoms with van der Waals surface area (Å²) < 4.78 is 4.94. The molecule has 1 atom stereocenters. The number of carbonyl (C=O) groups is 1. The fourth-order valence-corrected chi connectivity index (χ4v) is 1.71. The molecule has 0 radical (unpaired) electrons. The van der Waals surface area contributed by atoms with Gasteiger partial charge in [-0.1, -0.05) is 0 Å². The smallest absolute Gasteiger partial charge is 0.226 e. The van der Waals surface area contributed by atoms with E-state index in [1.165, 1.54) is 0 Å². The van der Waals surface area contributed by atoms with E-state index in [4.69, 9.17) is 4.74 Å². The second kappa shape index (κ2) is 5.98. The van der Waals surface area contributed by atoms with E-state index in [1.807, 2.05) is 7.05 Å². The van der Waals surface area contributed by atoms with Crippen LogP contribution in [0, 0.1) is 5.92 Å². The van der Waals surface area contributed by atoms with E-state index in [-0.39, 0.29) is 11.8 Å². The molecule has 1 amide bonds. The van der Waals surface area contributed by atoms with Gasteiger partial charge in [0.15, 0.2) is 0 Å². The fraction of sp³-hybridized carbons (Fsp3) is 0.900. The molecule has 14 heavy (non-hydrogen) atoms. The maximum Gasteiger partial charge on any atom is 0.226 e. The van der Waals surface area contributed by atoms with Gasteiger partial charge in [-0.15, -0.1) is 0 Å². The number of hydrogen-bond acceptors (Lipinski definition) is 3. The standard InChI is InChI=1S/C10H20N2O2/c1-12(6-7-14-2)10(13)9-4-3-5-11-8-9/h9,11H,3-8H2,1-2H3/t9-/m0/s1. The van der Waals surface area contributed by atoms with Crippen LogP contribution < -0.4 is 5.32 Å². The van der Waals surface area contributed by atoms with E-state index in [9.17, 15) is 4.79 Å². The minimum Gasteiger partial charge on any atom is -0.383 e. The lowest BCUT2D eigenvalue weighted by Crippen LogP contribution is -2.42. The molecule has 0 aromatic rings. The summed E-state index contributed by atoms with van der Waals surface area (Å²) >= 11 is 0. The van der Waals surface area contributed by atoms with Crippen molar-refractivity contribution in [2.75, 3.05) is 40.4 Å². The van der Waals surface area contributed by atoms with Gasteiger partial charge in [0, 0.05) is 27.2 Å². The normalized spacial score (nSPS) is 22.0. The molecule has 1 aliphatic rings. The third-order valence-electron chi connectivity index (χ3n) is 2.65. The van der Waals surface area contributed by atoms with Crippen LogP contribution in [0.25, 0.3) is 0 Å². The van der Waals surface area contributed by atoms with Crippen molar-refractivity contribution in [3.05, 3.63) is 0 Å². The highest BCUT2D eigenvalue weighted by Gasteiger charge is 2.23. The van der Waals surface area contributed by atoms with Crippen LogP contribution in [0.5, 0.6) is 0 Å². The van der Waals surface area contributed by atoms with E-state index in [1.54, 1.807) is 12.0 Å². The molecule has 0 unspecified atom stereocenters. The van der Waals surface area contributed by atoms with E-state index < -0.39 is 0 Å². The quantitative estimate of drug-likeness (QED) is 0.699. The Labute approximate surface area is 85.6 Å². The van der Waals surface area contributed by atoms with Crippen LogP contribution in [-0.2, 0) is 9.53 Å². The first-order valence-corrected chi connectivity index (χ1v) is 5.20. The summed E-state index contributed by atoms with van der Waals surface area (Å²) in [6.45, 7) is 3.18. The Hall–Kier alpha value is -0.610. The first-order chi connectivity index (χ1) is 6.75. The summed E-state index contributed by atoms with van der Waals surface area (Å²) in [5.41, 5.74) is 0. The van der Waals surface area contributed by atoms with Gasteiger partial charge in [-0.25, -0.2) is 0 Å². The minimum absolute atomic E-state index is 0.172. The number of amides is 1. The van der Waals surface area contributed by atoms with Crippen LogP contribution in [0.4, 0.5) is 0 Å². The van der Waals surface area contributed by atoms with E-state index in [2.05, 4.69) is 5.32 Å². The van der Waals surface area contributed by atoms with Crippen molar-refractivity contribution in [2.45, 2.75) is 12.8 Å². The second-order valence-electron chi connectivity index (χ2n) is 3.80. The van der Waals surface area contributed by atoms with E-state index in [0.29, 0.717) is 13.2 Å². The number of piperidine rings is 1. The summed E-state index contributed by atoms with van der Waals surface area (Å²) in [5, 5.41) is 3.25. The van der Waals surface area contributed by atoms with Crippen LogP contribution in [0.2, 0.25) is 0 Å². The maximum atomic E-state index is 11.8. The van der Waals surface area contributed by atoms with Crippen molar-refractivity contribution in [3.8, 4) is 0 Å². The van der Waals surface area contributed by atoms with Crippen molar-refractivity contribution in [1.82, 2.24) is 10.2 Å². The lowest BCUT2D eigenvalue weighted by atomic mass is 9.98. The SMILES string of the molecule is COCCN(C)C(=O)[C@H]1CCCNC1. The summed E-state index contributed by atoms with van der Waals surface area (Å²) in [7, 11) is 3.50. The first kappa shape index (κ1) is 11.5. The van der Waals surface area contributed by atoms with Gasteiger partial charge in [0.25, 0.3) is 0 Å². The lowest BCUT2D eigenvalue weighted by molar-refractivity contribution is -0.135. The number of hydrogen-bond donors (Lipinski definition) is 1. The molecule has 1 rings (SSSR count). The van der Waals surface area contributed by atoms with Gasteiger partial charge in [0.1, 0.15) is 0 Å². The molecule has 4 nitrogen and oxygen atoms in total. The zero-order valence-corrected chi connectivity index (χ0v) is 9.08. The van der Waals surface area contributed by atoms with Crippen LogP contribution >= 0.6 is 0 Å². The average Bonchev–Trinajstić information content (AvgIpc) is 2.26. The Balaban J connectivity index is 2.30. The molecule has 1 saturated heterocycles. The highest BCUT2D eigenvalue weighted by atomic mass is 16.5. The van der Waals surface area contributed by atoms with E-state index >= 15 is 0 Å². The summed E-state index contributed by atoms with van der Waals surface area (Å²) in [5.74, 6) is 0.417. The van der Waals surface area contributed by atoms with Crippen LogP contribution in [-0.4, -0.2) is 51.2 Å². The Bertz CT molecular complexity index is 179. The largest absolute Gasteiger partial charge is 0.383 e. The monoisotopic (exact) mass is 200 g/mol. The Kier molecular flexibility index (Phi) is 4.90. The topological polar surface area (TPSA) is 41.6 Å². The number of nitrogens with zero attached hydrogens (tertiary/aromatic N) is 1. The molecule has 0 bridgehead atoms. The molecule has 0 spiro atoms. The van der Waals surface area contributed by atoms with Gasteiger partial charge in [-0.3, -0.25) is 4.79 Å². The molecule has 0 aromatic heterocycles. The molecule has 0 aliphatic carbocycles. The highest BCUT2D eigenvalue weighted by Crippen LogP contribution is 2.12. The van der Waals surface area contributed by atoms with Crippen molar-refractivity contribution < 1.29 is 9.53 Å². The van der Waals surface area contributed by atoms with Crippen molar-refractivity contribution in [2.24, 2.45) is 5.92 Å². The zero-order valence-electron chi connectivity index (χ0n) is 9.08. The minimum atomic E-state index is 0.172. The molecule has 1 fully saturated rings. The molecule has 1 N–H and O–H groups in total. The maximum absolute atomic E-state index is 11.8. The molecular weight excluding hydrogens is 180 g/mol. The zero-order chi connectivity index (χ0) is 10.4. The number of likely N-dealkylation sites (N-methyl/N-ethyl adjacent to an activating group) is 1. The van der Waals surface area contributed by atoms with E-state index in [0.717, 1.165) is 25.9 Å². The third-order valence-corrected chi connectivity index (χ3v) is 2.65. The predicted molar refractivity (Wildman–Crippen MR) is 55.1 cm³/mol. The molecule has 0 saturated carbocycles. The first-order valence-electron chi connectivity index (χ1n) is 5.20. The predicted octanol–water partition coefficient (Wildman–Crippen LogP) is 0.0908. The number of rotatable bonds is 4. The van der Waals surface area contributed by atoms with Crippen molar-refractivity contribution in [1.29, 1.82) is 0 Å². The molecule has 0 aromatic carbocycles. The van der Waals surface area contributed by atoms with Crippen molar-refractivity contribution >= 4 is 5.91 Å². The van der Waals surface area contributed by atoms with Crippen LogP contribution in [0.3, 0.4) is 0 Å². The summed E-state index contributed by atoms with van der Waals surface area (Å²) in [6.07, 6.45) is 2.12. The Morgan fingerprint density at radius 1 is 1.64 bits per heavy atom. The summed E-state index contributed by atoms with van der Waals surface area (Å²) in [4.78, 5) is 13.6. The fourth-order valence-electron chi connectivity index (χ4n) is 1.71. The van der Waals surface area contributed by atoms with Gasteiger partial charge < -0.3 is 15.0 Å². The Morgan fingerprint density at radius 2 is 2.43 bits per heavy atom. The molecular formula is C10H20N2O2. The van der Waals surface area contributed by atoms with Crippen molar-refractivity contribution in [3.63, 3.8) is 0 Å². The summed E-state index contributed by atoms with van der Waals surface area (Å²) in [6, 6.07) is 0. The van der Waals surface area contributed by atoms with Gasteiger partial charge in [0.05, 0.1) is 12.5 Å². The molecule has 1 heterocycles. The van der Waals surface area contributed by atoms with Gasteiger partial charge in [-0.05, 0) is 19.4 Å². The van der Waals surface area contributed by atoms with Gasteiger partial charge in [-0.2, -0.15) is 0 Å². The molecule has 4 heteroatoms. The van der Waals surface area contributed by atoms with Gasteiger partial charge >= 0.3 is 0 Å². The molecule has 82 valence electrons. The van der Waals surface area contributed by atoms with Crippen LogP contribution in [0.1, 0.15) is 12.8 Å². The third kappa shape index (κ3) is 3.27. The molecule has 1 aliphatic heterocycles. The number of methoxy groups -OCH3 is 1. The Morgan fingerprint density at radius 3 is 3.00 bits per heavy atom. The van der Waals surface area contributed by atoms with Gasteiger partial charge in [0.2, 0.25) is 5.91 Å². The number of ether oxygens (including phenoxy) is 1. The second-order valence-corrected chi connectivity index (χ2v) is 3.80. The number of carbonyl (C=O) groups excluding carboxylic acids is 1. The van der Waals surface area contributed by atoms with Crippen LogP contribution in [0.15, 0.2) is 0 Å². The number of nitrogens with one attached hydrogen (secondary N) is 1. The highest BCUT2D eigenvalue weighted by molar-refractivity contribution is 5.78. The average molecular weight is 200 g/mol. The lowest BCUT2D eigenvalue weighted by Gasteiger charge is -2.26.